The molecular formula is C38H55F3N4O6. The van der Waals surface area contributed by atoms with Crippen LogP contribution in [0.3, 0.4) is 0 Å². The second kappa shape index (κ2) is 19.1. The Morgan fingerprint density at radius 1 is 0.922 bits per heavy atom. The summed E-state index contributed by atoms with van der Waals surface area (Å²) in [4.78, 5) is 42.7. The van der Waals surface area contributed by atoms with Crippen molar-refractivity contribution in [3.05, 3.63) is 65.7 Å². The summed E-state index contributed by atoms with van der Waals surface area (Å²) in [5, 5.41) is 20.9. The van der Waals surface area contributed by atoms with E-state index >= 15 is 0 Å². The van der Waals surface area contributed by atoms with Gasteiger partial charge in [-0.3, -0.25) is 9.59 Å². The molecule has 0 aromatic heterocycles. The first-order chi connectivity index (χ1) is 24.0. The number of nitrogens with zero attached hydrogens (tertiary/aromatic N) is 1. The molecule has 1 saturated heterocycles. The average Bonchev–Trinajstić information content (AvgIpc) is 3.06. The molecule has 0 saturated carbocycles. The summed E-state index contributed by atoms with van der Waals surface area (Å²) >= 11 is 0. The number of hydrogen-bond acceptors (Lipinski definition) is 7. The summed E-state index contributed by atoms with van der Waals surface area (Å²) < 4.78 is 47.9. The fraction of sp³-hybridized carbons (Fsp3) is 0.605. The van der Waals surface area contributed by atoms with Gasteiger partial charge in [-0.2, -0.15) is 0 Å². The van der Waals surface area contributed by atoms with Gasteiger partial charge < -0.3 is 35.4 Å². The fourth-order valence-corrected chi connectivity index (χ4v) is 6.20. The summed E-state index contributed by atoms with van der Waals surface area (Å²) in [7, 11) is 0. The number of alkyl carbamates (subject to hydrolysis) is 1. The molecule has 0 aliphatic carbocycles. The Kier molecular flexibility index (Phi) is 15.6. The van der Waals surface area contributed by atoms with Crippen molar-refractivity contribution in [1.82, 2.24) is 20.9 Å². The van der Waals surface area contributed by atoms with Crippen LogP contribution in [0.4, 0.5) is 18.0 Å². The van der Waals surface area contributed by atoms with Gasteiger partial charge in [-0.1, -0.05) is 69.7 Å². The van der Waals surface area contributed by atoms with E-state index in [2.05, 4.69) is 20.7 Å². The van der Waals surface area contributed by atoms with Gasteiger partial charge in [0.2, 0.25) is 11.8 Å². The van der Waals surface area contributed by atoms with E-state index in [9.17, 15) is 32.7 Å². The van der Waals surface area contributed by atoms with Gasteiger partial charge >= 0.3 is 12.5 Å². The number of likely N-dealkylation sites (tertiary alicyclic amines) is 1. The van der Waals surface area contributed by atoms with Crippen molar-refractivity contribution in [2.45, 2.75) is 116 Å². The van der Waals surface area contributed by atoms with Crippen LogP contribution in [-0.4, -0.2) is 83.7 Å². The average molecular weight is 721 g/mol. The maximum atomic E-state index is 14.2. The van der Waals surface area contributed by atoms with Gasteiger partial charge in [-0.25, -0.2) is 4.79 Å². The van der Waals surface area contributed by atoms with E-state index in [-0.39, 0.29) is 31.1 Å². The number of benzene rings is 2. The quantitative estimate of drug-likeness (QED) is 0.174. The minimum atomic E-state index is -4.86. The second-order valence-electron chi connectivity index (χ2n) is 14.4. The number of carbonyl (C=O) groups excluding carboxylic acids is 3. The lowest BCUT2D eigenvalue weighted by molar-refractivity contribution is -0.274. The zero-order chi connectivity index (χ0) is 37.8. The predicted octanol–water partition coefficient (Wildman–Crippen LogP) is 5.76. The zero-order valence-electron chi connectivity index (χ0n) is 30.6. The summed E-state index contributed by atoms with van der Waals surface area (Å²) in [6.45, 7) is 13.0. The summed E-state index contributed by atoms with van der Waals surface area (Å²) in [6, 6.07) is 13.1. The highest BCUT2D eigenvalue weighted by Crippen LogP contribution is 2.26. The van der Waals surface area contributed by atoms with Crippen LogP contribution in [0.15, 0.2) is 54.6 Å². The zero-order valence-corrected chi connectivity index (χ0v) is 30.6. The van der Waals surface area contributed by atoms with Crippen molar-refractivity contribution in [2.24, 2.45) is 11.8 Å². The molecule has 0 bridgehead atoms. The fourth-order valence-electron chi connectivity index (χ4n) is 6.20. The van der Waals surface area contributed by atoms with Gasteiger partial charge in [0, 0.05) is 25.0 Å². The summed E-state index contributed by atoms with van der Waals surface area (Å²) in [5.41, 5.74) is 0.559. The summed E-state index contributed by atoms with van der Waals surface area (Å²) in [5.74, 6) is -2.18. The van der Waals surface area contributed by atoms with Crippen LogP contribution in [0.5, 0.6) is 5.75 Å². The molecule has 2 aromatic carbocycles. The van der Waals surface area contributed by atoms with Gasteiger partial charge in [0.1, 0.15) is 17.4 Å². The van der Waals surface area contributed by atoms with Crippen molar-refractivity contribution >= 4 is 17.9 Å². The number of aliphatic hydroxyl groups is 1. The number of rotatable bonds is 16. The van der Waals surface area contributed by atoms with E-state index < -0.39 is 53.8 Å². The standard InChI is InChI=1S/C38H55F3N4O6/c1-7-25(3)33(35(48)45-20-18-29(19-21-45)42-8-2)44-34(47)28(22-27-14-16-30(17-15-27)50-38(39,40)41)24-32(46)31(23-26-12-10-9-11-13-26)43-36(49)51-37(4,5)6/h9-17,25,28-29,31-33,42,46H,7-8,18-24H2,1-6H3,(H,43,49)(H,44,47)/t25-,28?,31?,32?,33-/m0/s1. The number of piperidine rings is 1. The largest absolute Gasteiger partial charge is 0.573 e. The van der Waals surface area contributed by atoms with E-state index in [0.29, 0.717) is 31.1 Å². The third-order valence-electron chi connectivity index (χ3n) is 9.08. The van der Waals surface area contributed by atoms with Gasteiger partial charge in [0.25, 0.3) is 0 Å². The van der Waals surface area contributed by atoms with Crippen LogP contribution in [-0.2, 0) is 27.2 Å². The van der Waals surface area contributed by atoms with Crippen LogP contribution in [0, 0.1) is 11.8 Å². The smallest absolute Gasteiger partial charge is 0.444 e. The lowest BCUT2D eigenvalue weighted by Gasteiger charge is -2.36. The molecule has 1 aliphatic heterocycles. The molecule has 0 radical (unpaired) electrons. The Balaban J connectivity index is 1.89. The molecule has 13 heteroatoms. The highest BCUT2D eigenvalue weighted by atomic mass is 19.4. The van der Waals surface area contributed by atoms with Crippen LogP contribution in [0.25, 0.3) is 0 Å². The number of amides is 3. The number of halogens is 3. The SMILES string of the molecule is CCNC1CCN(C(=O)[C@@H](NC(=O)C(Cc2ccc(OC(F)(F)F)cc2)CC(O)C(Cc2ccccc2)NC(=O)OC(C)(C)C)[C@@H](C)CC)CC1. The van der Waals surface area contributed by atoms with E-state index in [1.165, 1.54) is 24.3 Å². The maximum absolute atomic E-state index is 14.2. The number of aliphatic hydroxyl groups excluding tert-OH is 1. The number of carbonyl (C=O) groups is 3. The predicted molar refractivity (Wildman–Crippen MR) is 189 cm³/mol. The Morgan fingerprint density at radius 2 is 1.53 bits per heavy atom. The monoisotopic (exact) mass is 720 g/mol. The molecule has 3 unspecified atom stereocenters. The minimum Gasteiger partial charge on any atom is -0.444 e. The molecule has 3 rings (SSSR count). The van der Waals surface area contributed by atoms with E-state index in [1.807, 2.05) is 51.1 Å². The third kappa shape index (κ3) is 14.4. The van der Waals surface area contributed by atoms with Gasteiger partial charge in [-0.05, 0) is 88.6 Å². The van der Waals surface area contributed by atoms with Gasteiger partial charge in [0.15, 0.2) is 0 Å². The number of hydrogen-bond donors (Lipinski definition) is 4. The van der Waals surface area contributed by atoms with Crippen molar-refractivity contribution in [1.29, 1.82) is 0 Å². The molecule has 284 valence electrons. The van der Waals surface area contributed by atoms with Crippen molar-refractivity contribution in [2.75, 3.05) is 19.6 Å². The van der Waals surface area contributed by atoms with E-state index in [0.717, 1.165) is 24.9 Å². The van der Waals surface area contributed by atoms with Crippen molar-refractivity contribution < 1.29 is 42.1 Å². The lowest BCUT2D eigenvalue weighted by Crippen LogP contribution is -2.56. The number of alkyl halides is 3. The Labute approximate surface area is 299 Å². The molecule has 3 amide bonds. The molecule has 10 nitrogen and oxygen atoms in total. The van der Waals surface area contributed by atoms with E-state index in [1.54, 1.807) is 25.7 Å². The second-order valence-corrected chi connectivity index (χ2v) is 14.4. The molecule has 1 heterocycles. The van der Waals surface area contributed by atoms with Crippen LogP contribution >= 0.6 is 0 Å². The third-order valence-corrected chi connectivity index (χ3v) is 9.08. The van der Waals surface area contributed by atoms with Crippen molar-refractivity contribution in [3.63, 3.8) is 0 Å². The topological polar surface area (TPSA) is 129 Å². The summed E-state index contributed by atoms with van der Waals surface area (Å²) in [6.07, 6.45) is -4.47. The minimum absolute atomic E-state index is 0.0369. The Morgan fingerprint density at radius 3 is 2.08 bits per heavy atom. The molecule has 1 aliphatic rings. The molecule has 5 atom stereocenters. The number of nitrogens with one attached hydrogen (secondary N) is 3. The van der Waals surface area contributed by atoms with Crippen LogP contribution in [0.2, 0.25) is 0 Å². The lowest BCUT2D eigenvalue weighted by atomic mass is 9.87. The first-order valence-electron chi connectivity index (χ1n) is 17.9. The molecule has 1 fully saturated rings. The van der Waals surface area contributed by atoms with Crippen LogP contribution in [0.1, 0.15) is 78.4 Å². The first kappa shape index (κ1) is 41.6. The van der Waals surface area contributed by atoms with Crippen molar-refractivity contribution in [3.8, 4) is 5.75 Å². The van der Waals surface area contributed by atoms with Crippen LogP contribution < -0.4 is 20.7 Å². The highest BCUT2D eigenvalue weighted by molar-refractivity contribution is 5.89. The molecular weight excluding hydrogens is 665 g/mol. The molecule has 4 N–H and O–H groups in total. The van der Waals surface area contributed by atoms with Gasteiger partial charge in [0.05, 0.1) is 12.1 Å². The first-order valence-corrected chi connectivity index (χ1v) is 17.9. The maximum Gasteiger partial charge on any atom is 0.573 e. The van der Waals surface area contributed by atoms with E-state index in [4.69, 9.17) is 4.74 Å². The molecule has 2 aromatic rings. The number of ether oxygens (including phenoxy) is 2. The van der Waals surface area contributed by atoms with Gasteiger partial charge in [-0.15, -0.1) is 13.2 Å². The molecule has 51 heavy (non-hydrogen) atoms. The Bertz CT molecular complexity index is 1380. The highest BCUT2D eigenvalue weighted by Gasteiger charge is 2.36. The molecule has 0 spiro atoms. The Hall–Kier alpha value is -3.84. The normalized spacial score (nSPS) is 17.1.